The summed E-state index contributed by atoms with van der Waals surface area (Å²) in [7, 11) is 3.18. The third kappa shape index (κ3) is 3.06. The Kier molecular flexibility index (Phi) is 4.98. The Balaban J connectivity index is 2.82. The third-order valence-corrected chi connectivity index (χ3v) is 2.49. The van der Waals surface area contributed by atoms with Crippen LogP contribution in [0, 0.1) is 0 Å². The fourth-order valence-corrected chi connectivity index (χ4v) is 1.30. The zero-order valence-electron chi connectivity index (χ0n) is 10.3. The van der Waals surface area contributed by atoms with Crippen molar-refractivity contribution in [2.45, 2.75) is 32.9 Å². The molecule has 5 nitrogen and oxygen atoms in total. The highest BCUT2D eigenvalue weighted by atomic mass is 16.5. The van der Waals surface area contributed by atoms with Gasteiger partial charge in [0.15, 0.2) is 0 Å². The Morgan fingerprint density at radius 2 is 1.81 bits per heavy atom. The zero-order chi connectivity index (χ0) is 12.0. The standard InChI is InChI=1S/C11H19N3O2/c1-5-8(2)12-6-9-10(15-3)13-7-14-11(9)16-4/h7-8,12H,5-6H2,1-4H3. The Morgan fingerprint density at radius 3 is 2.25 bits per heavy atom. The summed E-state index contributed by atoms with van der Waals surface area (Å²) in [6.07, 6.45) is 2.50. The Morgan fingerprint density at radius 1 is 1.25 bits per heavy atom. The van der Waals surface area contributed by atoms with Crippen LogP contribution in [-0.2, 0) is 6.54 Å². The van der Waals surface area contributed by atoms with Gasteiger partial charge in [-0.1, -0.05) is 6.92 Å². The summed E-state index contributed by atoms with van der Waals surface area (Å²) in [4.78, 5) is 8.11. The SMILES string of the molecule is CCC(C)NCc1c(OC)ncnc1OC. The lowest BCUT2D eigenvalue weighted by Crippen LogP contribution is -2.25. The van der Waals surface area contributed by atoms with Gasteiger partial charge in [-0.05, 0) is 13.3 Å². The average Bonchev–Trinajstić information content (AvgIpc) is 2.35. The van der Waals surface area contributed by atoms with Crippen molar-refractivity contribution in [3.05, 3.63) is 11.9 Å². The molecule has 0 saturated heterocycles. The highest BCUT2D eigenvalue weighted by Gasteiger charge is 2.12. The lowest BCUT2D eigenvalue weighted by molar-refractivity contribution is 0.357. The van der Waals surface area contributed by atoms with Crippen LogP contribution in [-0.4, -0.2) is 30.2 Å². The molecule has 1 unspecified atom stereocenters. The molecule has 5 heteroatoms. The number of aromatic nitrogens is 2. The number of methoxy groups -OCH3 is 2. The molecule has 1 heterocycles. The molecule has 90 valence electrons. The average molecular weight is 225 g/mol. The highest BCUT2D eigenvalue weighted by molar-refractivity contribution is 5.34. The molecule has 0 spiro atoms. The van der Waals surface area contributed by atoms with E-state index in [2.05, 4.69) is 29.1 Å². The smallest absolute Gasteiger partial charge is 0.224 e. The second-order valence-corrected chi connectivity index (χ2v) is 3.56. The summed E-state index contributed by atoms with van der Waals surface area (Å²) in [5, 5.41) is 3.36. The second kappa shape index (κ2) is 6.27. The lowest BCUT2D eigenvalue weighted by atomic mass is 10.2. The molecular weight excluding hydrogens is 206 g/mol. The van der Waals surface area contributed by atoms with E-state index in [4.69, 9.17) is 9.47 Å². The third-order valence-electron chi connectivity index (χ3n) is 2.49. The van der Waals surface area contributed by atoms with E-state index in [9.17, 15) is 0 Å². The molecular formula is C11H19N3O2. The predicted octanol–water partition coefficient (Wildman–Crippen LogP) is 1.38. The van der Waals surface area contributed by atoms with Gasteiger partial charge >= 0.3 is 0 Å². The fraction of sp³-hybridized carbons (Fsp3) is 0.636. The summed E-state index contributed by atoms with van der Waals surface area (Å²) >= 11 is 0. The van der Waals surface area contributed by atoms with Crippen molar-refractivity contribution >= 4 is 0 Å². The summed E-state index contributed by atoms with van der Waals surface area (Å²) < 4.78 is 10.4. The van der Waals surface area contributed by atoms with Gasteiger partial charge in [-0.2, -0.15) is 0 Å². The zero-order valence-corrected chi connectivity index (χ0v) is 10.3. The summed E-state index contributed by atoms with van der Waals surface area (Å²) in [5.41, 5.74) is 0.854. The highest BCUT2D eigenvalue weighted by Crippen LogP contribution is 2.22. The second-order valence-electron chi connectivity index (χ2n) is 3.56. The molecule has 1 atom stereocenters. The van der Waals surface area contributed by atoms with Gasteiger partial charge in [-0.15, -0.1) is 0 Å². The van der Waals surface area contributed by atoms with Gasteiger partial charge in [-0.3, -0.25) is 0 Å². The van der Waals surface area contributed by atoms with Crippen LogP contribution in [0.3, 0.4) is 0 Å². The first-order valence-electron chi connectivity index (χ1n) is 5.38. The molecule has 0 aliphatic heterocycles. The van der Waals surface area contributed by atoms with Gasteiger partial charge in [0.05, 0.1) is 19.8 Å². The van der Waals surface area contributed by atoms with Crippen molar-refractivity contribution in [3.63, 3.8) is 0 Å². The van der Waals surface area contributed by atoms with Crippen LogP contribution < -0.4 is 14.8 Å². The van der Waals surface area contributed by atoms with Crippen molar-refractivity contribution in [1.29, 1.82) is 0 Å². The van der Waals surface area contributed by atoms with E-state index in [1.807, 2.05) is 0 Å². The van der Waals surface area contributed by atoms with Crippen molar-refractivity contribution in [2.75, 3.05) is 14.2 Å². The molecule has 0 aromatic carbocycles. The van der Waals surface area contributed by atoms with Crippen LogP contribution in [0.5, 0.6) is 11.8 Å². The van der Waals surface area contributed by atoms with Gasteiger partial charge in [0.2, 0.25) is 11.8 Å². The van der Waals surface area contributed by atoms with Gasteiger partial charge in [0, 0.05) is 12.6 Å². The minimum Gasteiger partial charge on any atom is -0.481 e. The van der Waals surface area contributed by atoms with Gasteiger partial charge in [0.1, 0.15) is 6.33 Å². The van der Waals surface area contributed by atoms with Crippen LogP contribution in [0.1, 0.15) is 25.8 Å². The maximum Gasteiger partial charge on any atom is 0.224 e. The van der Waals surface area contributed by atoms with E-state index in [0.29, 0.717) is 24.3 Å². The molecule has 0 amide bonds. The fourth-order valence-electron chi connectivity index (χ4n) is 1.30. The van der Waals surface area contributed by atoms with Crippen LogP contribution >= 0.6 is 0 Å². The summed E-state index contributed by atoms with van der Waals surface area (Å²) in [6, 6.07) is 0.439. The lowest BCUT2D eigenvalue weighted by Gasteiger charge is -2.14. The maximum absolute atomic E-state index is 5.18. The summed E-state index contributed by atoms with van der Waals surface area (Å²) in [6.45, 7) is 4.90. The van der Waals surface area contributed by atoms with Crippen LogP contribution in [0.25, 0.3) is 0 Å². The molecule has 0 fully saturated rings. The number of rotatable bonds is 6. The van der Waals surface area contributed by atoms with E-state index < -0.39 is 0 Å². The molecule has 0 saturated carbocycles. The number of nitrogens with one attached hydrogen (secondary N) is 1. The first-order valence-corrected chi connectivity index (χ1v) is 5.38. The van der Waals surface area contributed by atoms with Crippen LogP contribution in [0.15, 0.2) is 6.33 Å². The molecule has 16 heavy (non-hydrogen) atoms. The van der Waals surface area contributed by atoms with Gasteiger partial charge in [-0.25, -0.2) is 9.97 Å². The number of hydrogen-bond donors (Lipinski definition) is 1. The van der Waals surface area contributed by atoms with E-state index in [-0.39, 0.29) is 0 Å². The van der Waals surface area contributed by atoms with Gasteiger partial charge in [0.25, 0.3) is 0 Å². The summed E-state index contributed by atoms with van der Waals surface area (Å²) in [5.74, 6) is 1.12. The molecule has 0 radical (unpaired) electrons. The minimum absolute atomic E-state index is 0.439. The molecule has 1 aromatic rings. The maximum atomic E-state index is 5.18. The van der Waals surface area contributed by atoms with Gasteiger partial charge < -0.3 is 14.8 Å². The minimum atomic E-state index is 0.439. The van der Waals surface area contributed by atoms with Crippen LogP contribution in [0.4, 0.5) is 0 Å². The normalized spacial score (nSPS) is 12.2. The largest absolute Gasteiger partial charge is 0.481 e. The van der Waals surface area contributed by atoms with Crippen molar-refractivity contribution in [2.24, 2.45) is 0 Å². The van der Waals surface area contributed by atoms with E-state index in [1.54, 1.807) is 14.2 Å². The van der Waals surface area contributed by atoms with E-state index >= 15 is 0 Å². The van der Waals surface area contributed by atoms with E-state index in [0.717, 1.165) is 12.0 Å². The Labute approximate surface area is 96.2 Å². The predicted molar refractivity (Wildman–Crippen MR) is 61.7 cm³/mol. The van der Waals surface area contributed by atoms with E-state index in [1.165, 1.54) is 6.33 Å². The molecule has 1 aromatic heterocycles. The monoisotopic (exact) mass is 225 g/mol. The van der Waals surface area contributed by atoms with Crippen molar-refractivity contribution in [1.82, 2.24) is 15.3 Å². The number of nitrogens with zero attached hydrogens (tertiary/aromatic N) is 2. The Hall–Kier alpha value is -1.36. The number of hydrogen-bond acceptors (Lipinski definition) is 5. The molecule has 0 bridgehead atoms. The molecule has 0 aliphatic rings. The molecule has 1 rings (SSSR count). The molecule has 0 aliphatic carbocycles. The van der Waals surface area contributed by atoms with Crippen LogP contribution in [0.2, 0.25) is 0 Å². The molecule has 1 N–H and O–H groups in total. The Bertz CT molecular complexity index is 309. The topological polar surface area (TPSA) is 56.3 Å². The number of ether oxygens (including phenoxy) is 2. The first kappa shape index (κ1) is 12.7. The van der Waals surface area contributed by atoms with Crippen molar-refractivity contribution in [3.8, 4) is 11.8 Å². The quantitative estimate of drug-likeness (QED) is 0.792. The first-order chi connectivity index (χ1) is 7.72. The van der Waals surface area contributed by atoms with Crippen molar-refractivity contribution < 1.29 is 9.47 Å².